The molecule has 60 valence electrons. The first-order valence-electron chi connectivity index (χ1n) is 2.55. The maximum atomic E-state index is 10.7. The molecule has 2 unspecified atom stereocenters. The van der Waals surface area contributed by atoms with E-state index in [0.717, 1.165) is 0 Å². The fraction of sp³-hybridized carbons (Fsp3) is 0.800. The third kappa shape index (κ3) is 3.08. The van der Waals surface area contributed by atoms with E-state index in [2.05, 4.69) is 20.7 Å². The summed E-state index contributed by atoms with van der Waals surface area (Å²) in [6.45, 7) is 0. The predicted octanol–water partition coefficient (Wildman–Crippen LogP) is 1.77. The summed E-state index contributed by atoms with van der Waals surface area (Å²) in [5, 5.41) is -0.422. The first kappa shape index (κ1) is 10.5. The number of alkyl halides is 3. The Morgan fingerprint density at radius 3 is 2.60 bits per heavy atom. The Labute approximate surface area is 77.9 Å². The lowest BCUT2D eigenvalue weighted by molar-refractivity contribution is -0.139. The summed E-state index contributed by atoms with van der Waals surface area (Å²) in [5.74, 6) is -0.187. The number of methoxy groups -OCH3 is 1. The zero-order valence-electron chi connectivity index (χ0n) is 5.31. The molecule has 0 aliphatic rings. The number of carbonyl (C=O) groups excluding carboxylic acids is 1. The third-order valence-corrected chi connectivity index (χ3v) is 3.10. The highest BCUT2D eigenvalue weighted by atomic mass is 79.9. The summed E-state index contributed by atoms with van der Waals surface area (Å²) in [5.41, 5.74) is 0. The maximum absolute atomic E-state index is 10.7. The minimum Gasteiger partial charge on any atom is -0.468 e. The molecule has 5 heteroatoms. The molecular formula is C5H7BrCl2O2. The van der Waals surface area contributed by atoms with Crippen LogP contribution in [0.5, 0.6) is 0 Å². The second-order valence-electron chi connectivity index (χ2n) is 1.60. The van der Waals surface area contributed by atoms with Crippen molar-refractivity contribution >= 4 is 45.1 Å². The SMILES string of the molecule is COC(=O)C(Br)C(Cl)CCl. The van der Waals surface area contributed by atoms with Gasteiger partial charge in [-0.05, 0) is 0 Å². The molecule has 0 aromatic rings. The fourth-order valence-corrected chi connectivity index (χ4v) is 1.21. The number of ether oxygens (including phenoxy) is 1. The van der Waals surface area contributed by atoms with Crippen molar-refractivity contribution in [1.82, 2.24) is 0 Å². The molecule has 0 N–H and O–H groups in total. The van der Waals surface area contributed by atoms with Crippen LogP contribution < -0.4 is 0 Å². The van der Waals surface area contributed by atoms with Gasteiger partial charge in [-0.15, -0.1) is 23.2 Å². The van der Waals surface area contributed by atoms with Crippen LogP contribution in [0, 0.1) is 0 Å². The van der Waals surface area contributed by atoms with E-state index in [-0.39, 0.29) is 5.88 Å². The van der Waals surface area contributed by atoms with Crippen LogP contribution in [0.3, 0.4) is 0 Å². The van der Waals surface area contributed by atoms with E-state index in [1.807, 2.05) is 0 Å². The van der Waals surface area contributed by atoms with Gasteiger partial charge in [0.15, 0.2) is 0 Å². The van der Waals surface area contributed by atoms with Gasteiger partial charge in [0.2, 0.25) is 0 Å². The molecule has 10 heavy (non-hydrogen) atoms. The molecule has 0 bridgehead atoms. The summed E-state index contributed by atoms with van der Waals surface area (Å²) in [6, 6.07) is 0. The van der Waals surface area contributed by atoms with Crippen molar-refractivity contribution in [2.24, 2.45) is 0 Å². The van der Waals surface area contributed by atoms with E-state index < -0.39 is 16.2 Å². The molecule has 0 rings (SSSR count). The Hall–Kier alpha value is 0.530. The van der Waals surface area contributed by atoms with Crippen LogP contribution >= 0.6 is 39.1 Å². The molecule has 0 saturated heterocycles. The highest BCUT2D eigenvalue weighted by molar-refractivity contribution is 9.10. The van der Waals surface area contributed by atoms with Gasteiger partial charge in [-0.1, -0.05) is 15.9 Å². The van der Waals surface area contributed by atoms with Crippen molar-refractivity contribution < 1.29 is 9.53 Å². The van der Waals surface area contributed by atoms with Gasteiger partial charge >= 0.3 is 5.97 Å². The summed E-state index contributed by atoms with van der Waals surface area (Å²) < 4.78 is 4.41. The van der Waals surface area contributed by atoms with E-state index in [0.29, 0.717) is 0 Å². The average Bonchev–Trinajstić information content (AvgIpc) is 2.00. The summed E-state index contributed by atoms with van der Waals surface area (Å²) >= 11 is 14.0. The highest BCUT2D eigenvalue weighted by Crippen LogP contribution is 2.14. The van der Waals surface area contributed by atoms with Gasteiger partial charge in [0.1, 0.15) is 4.83 Å². The number of hydrogen-bond acceptors (Lipinski definition) is 2. The number of carbonyl (C=O) groups is 1. The lowest BCUT2D eigenvalue weighted by Gasteiger charge is -2.09. The Balaban J connectivity index is 3.81. The molecule has 0 aliphatic heterocycles. The molecule has 0 fully saturated rings. The molecule has 2 nitrogen and oxygen atoms in total. The minimum atomic E-state index is -0.517. The Morgan fingerprint density at radius 2 is 2.30 bits per heavy atom. The van der Waals surface area contributed by atoms with Crippen molar-refractivity contribution in [3.8, 4) is 0 Å². The quantitative estimate of drug-likeness (QED) is 0.563. The van der Waals surface area contributed by atoms with Crippen molar-refractivity contribution in [3.05, 3.63) is 0 Å². The maximum Gasteiger partial charge on any atom is 0.321 e. The average molecular weight is 250 g/mol. The smallest absolute Gasteiger partial charge is 0.321 e. The first-order chi connectivity index (χ1) is 4.63. The summed E-state index contributed by atoms with van der Waals surface area (Å²) in [4.78, 5) is 10.2. The minimum absolute atomic E-state index is 0.215. The molecule has 0 heterocycles. The van der Waals surface area contributed by atoms with E-state index >= 15 is 0 Å². The molecule has 0 amide bonds. The van der Waals surface area contributed by atoms with Gasteiger partial charge in [0, 0.05) is 5.88 Å². The van der Waals surface area contributed by atoms with Gasteiger partial charge in [-0.3, -0.25) is 4.79 Å². The van der Waals surface area contributed by atoms with Crippen LogP contribution in [-0.2, 0) is 9.53 Å². The predicted molar refractivity (Wildman–Crippen MR) is 45.1 cm³/mol. The number of halogens is 3. The molecule has 0 spiro atoms. The molecule has 0 radical (unpaired) electrons. The van der Waals surface area contributed by atoms with Crippen molar-refractivity contribution in [2.45, 2.75) is 10.2 Å². The number of esters is 1. The molecule has 0 aliphatic carbocycles. The first-order valence-corrected chi connectivity index (χ1v) is 4.44. The monoisotopic (exact) mass is 248 g/mol. The van der Waals surface area contributed by atoms with Crippen molar-refractivity contribution in [1.29, 1.82) is 0 Å². The van der Waals surface area contributed by atoms with Gasteiger partial charge in [-0.25, -0.2) is 0 Å². The van der Waals surface area contributed by atoms with Crippen LogP contribution in [0.4, 0.5) is 0 Å². The standard InChI is InChI=1S/C5H7BrCl2O2/c1-10-5(9)4(6)3(8)2-7/h3-4H,2H2,1H3. The van der Waals surface area contributed by atoms with Crippen molar-refractivity contribution in [2.75, 3.05) is 13.0 Å². The Morgan fingerprint density at radius 1 is 1.80 bits per heavy atom. The highest BCUT2D eigenvalue weighted by Gasteiger charge is 2.23. The van der Waals surface area contributed by atoms with Gasteiger partial charge in [-0.2, -0.15) is 0 Å². The van der Waals surface area contributed by atoms with Crippen LogP contribution in [-0.4, -0.2) is 29.2 Å². The molecule has 0 aromatic heterocycles. The van der Waals surface area contributed by atoms with Crippen LogP contribution in [0.25, 0.3) is 0 Å². The largest absolute Gasteiger partial charge is 0.468 e. The van der Waals surface area contributed by atoms with Gasteiger partial charge < -0.3 is 4.74 Å². The second-order valence-corrected chi connectivity index (χ2v) is 3.45. The van der Waals surface area contributed by atoms with Crippen LogP contribution in [0.1, 0.15) is 0 Å². The lowest BCUT2D eigenvalue weighted by Crippen LogP contribution is -2.26. The van der Waals surface area contributed by atoms with Crippen molar-refractivity contribution in [3.63, 3.8) is 0 Å². The lowest BCUT2D eigenvalue weighted by atomic mass is 10.3. The normalized spacial score (nSPS) is 16.0. The molecule has 0 aromatic carbocycles. The van der Waals surface area contributed by atoms with E-state index in [1.165, 1.54) is 7.11 Å². The summed E-state index contributed by atoms with van der Waals surface area (Å²) in [7, 11) is 1.30. The number of hydrogen-bond donors (Lipinski definition) is 0. The van der Waals surface area contributed by atoms with E-state index in [9.17, 15) is 4.79 Å². The fourth-order valence-electron chi connectivity index (χ4n) is 0.338. The number of rotatable bonds is 3. The zero-order chi connectivity index (χ0) is 8.15. The molecular weight excluding hydrogens is 243 g/mol. The van der Waals surface area contributed by atoms with E-state index in [1.54, 1.807) is 0 Å². The zero-order valence-corrected chi connectivity index (χ0v) is 8.41. The van der Waals surface area contributed by atoms with Crippen LogP contribution in [0.15, 0.2) is 0 Å². The van der Waals surface area contributed by atoms with E-state index in [4.69, 9.17) is 23.2 Å². The van der Waals surface area contributed by atoms with Gasteiger partial charge in [0.05, 0.1) is 12.5 Å². The molecule has 0 saturated carbocycles. The summed E-state index contributed by atoms with van der Waals surface area (Å²) in [6.07, 6.45) is 0. The second kappa shape index (κ2) is 5.22. The third-order valence-electron chi connectivity index (χ3n) is 0.891. The Bertz CT molecular complexity index is 120. The molecule has 2 atom stereocenters. The van der Waals surface area contributed by atoms with Crippen LogP contribution in [0.2, 0.25) is 0 Å². The van der Waals surface area contributed by atoms with Gasteiger partial charge in [0.25, 0.3) is 0 Å². The Kier molecular flexibility index (Phi) is 5.49. The topological polar surface area (TPSA) is 26.3 Å².